The van der Waals surface area contributed by atoms with E-state index in [9.17, 15) is 0 Å². The van der Waals surface area contributed by atoms with Crippen molar-refractivity contribution in [3.05, 3.63) is 34.9 Å². The molecule has 0 aliphatic heterocycles. The summed E-state index contributed by atoms with van der Waals surface area (Å²) in [5.74, 6) is 1.39. The fourth-order valence-corrected chi connectivity index (χ4v) is 2.92. The van der Waals surface area contributed by atoms with Gasteiger partial charge in [-0.2, -0.15) is 0 Å². The largest absolute Gasteiger partial charge is 0.330 e. The molecular formula is C14H21N. The molecule has 1 aliphatic rings. The quantitative estimate of drug-likeness (QED) is 0.785. The first-order valence-corrected chi connectivity index (χ1v) is 6.05. The average Bonchev–Trinajstić information content (AvgIpc) is 2.27. The molecule has 0 spiro atoms. The van der Waals surface area contributed by atoms with Crippen LogP contribution in [0.25, 0.3) is 0 Å². The lowest BCUT2D eigenvalue weighted by Crippen LogP contribution is -2.27. The van der Waals surface area contributed by atoms with Crippen LogP contribution in [0.15, 0.2) is 18.2 Å². The molecule has 2 unspecified atom stereocenters. The Bertz CT molecular complexity index is 343. The van der Waals surface area contributed by atoms with Crippen molar-refractivity contribution in [1.29, 1.82) is 0 Å². The highest BCUT2D eigenvalue weighted by molar-refractivity contribution is 5.36. The summed E-state index contributed by atoms with van der Waals surface area (Å²) < 4.78 is 0. The number of hydrogen-bond acceptors (Lipinski definition) is 1. The first-order valence-electron chi connectivity index (χ1n) is 6.05. The van der Waals surface area contributed by atoms with Gasteiger partial charge in [0.15, 0.2) is 0 Å². The molecule has 1 heteroatoms. The SMILES string of the molecule is CCC1c2cc(C)ccc2CCC1CN. The van der Waals surface area contributed by atoms with Crippen molar-refractivity contribution >= 4 is 0 Å². The van der Waals surface area contributed by atoms with Gasteiger partial charge >= 0.3 is 0 Å². The fourth-order valence-electron chi connectivity index (χ4n) is 2.92. The smallest absolute Gasteiger partial charge is 0.00429 e. The minimum absolute atomic E-state index is 0.693. The van der Waals surface area contributed by atoms with Crippen LogP contribution in [0.3, 0.4) is 0 Å². The summed E-state index contributed by atoms with van der Waals surface area (Å²) in [5.41, 5.74) is 10.4. The van der Waals surface area contributed by atoms with Crippen molar-refractivity contribution in [1.82, 2.24) is 0 Å². The van der Waals surface area contributed by atoms with Crippen molar-refractivity contribution in [2.45, 2.75) is 39.0 Å². The Labute approximate surface area is 92.7 Å². The molecule has 1 aromatic carbocycles. The lowest BCUT2D eigenvalue weighted by atomic mass is 9.73. The summed E-state index contributed by atoms with van der Waals surface area (Å²) in [5, 5.41) is 0. The standard InChI is InChI=1S/C14H21N/c1-3-13-12(9-15)7-6-11-5-4-10(2)8-14(11)13/h4-5,8,12-13H,3,6-7,9,15H2,1-2H3. The Morgan fingerprint density at radius 3 is 2.87 bits per heavy atom. The average molecular weight is 203 g/mol. The van der Waals surface area contributed by atoms with Gasteiger partial charge in [-0.05, 0) is 55.7 Å². The molecule has 0 saturated heterocycles. The van der Waals surface area contributed by atoms with Crippen LogP contribution in [0.4, 0.5) is 0 Å². The second-order valence-electron chi connectivity index (χ2n) is 4.75. The summed E-state index contributed by atoms with van der Waals surface area (Å²) in [7, 11) is 0. The fraction of sp³-hybridized carbons (Fsp3) is 0.571. The van der Waals surface area contributed by atoms with E-state index in [-0.39, 0.29) is 0 Å². The molecule has 1 nitrogen and oxygen atoms in total. The zero-order chi connectivity index (χ0) is 10.8. The van der Waals surface area contributed by atoms with Crippen molar-refractivity contribution in [3.63, 3.8) is 0 Å². The van der Waals surface area contributed by atoms with Gasteiger partial charge in [0.1, 0.15) is 0 Å². The number of nitrogens with two attached hydrogens (primary N) is 1. The van der Waals surface area contributed by atoms with E-state index in [1.165, 1.54) is 24.8 Å². The first-order chi connectivity index (χ1) is 7.26. The molecule has 2 atom stereocenters. The second kappa shape index (κ2) is 4.36. The molecule has 15 heavy (non-hydrogen) atoms. The van der Waals surface area contributed by atoms with E-state index in [0.717, 1.165) is 6.54 Å². The van der Waals surface area contributed by atoms with Gasteiger partial charge < -0.3 is 5.73 Å². The number of aryl methyl sites for hydroxylation is 2. The van der Waals surface area contributed by atoms with Crippen LogP contribution in [-0.4, -0.2) is 6.54 Å². The molecule has 0 amide bonds. The van der Waals surface area contributed by atoms with Crippen LogP contribution in [-0.2, 0) is 6.42 Å². The maximum atomic E-state index is 5.86. The molecule has 2 N–H and O–H groups in total. The molecule has 0 radical (unpaired) electrons. The van der Waals surface area contributed by atoms with Gasteiger partial charge in [-0.3, -0.25) is 0 Å². The van der Waals surface area contributed by atoms with Crippen LogP contribution >= 0.6 is 0 Å². The van der Waals surface area contributed by atoms with Crippen LogP contribution < -0.4 is 5.73 Å². The zero-order valence-corrected chi connectivity index (χ0v) is 9.79. The van der Waals surface area contributed by atoms with Gasteiger partial charge in [0.2, 0.25) is 0 Å². The minimum Gasteiger partial charge on any atom is -0.330 e. The van der Waals surface area contributed by atoms with E-state index >= 15 is 0 Å². The third-order valence-electron chi connectivity index (χ3n) is 3.80. The van der Waals surface area contributed by atoms with E-state index in [1.54, 1.807) is 11.1 Å². The summed E-state index contributed by atoms with van der Waals surface area (Å²) in [4.78, 5) is 0. The van der Waals surface area contributed by atoms with Crippen LogP contribution in [0, 0.1) is 12.8 Å². The van der Waals surface area contributed by atoms with Crippen LogP contribution in [0.2, 0.25) is 0 Å². The van der Waals surface area contributed by atoms with E-state index in [0.29, 0.717) is 11.8 Å². The van der Waals surface area contributed by atoms with Gasteiger partial charge in [-0.25, -0.2) is 0 Å². The number of hydrogen-bond donors (Lipinski definition) is 1. The Morgan fingerprint density at radius 2 is 2.20 bits per heavy atom. The lowest BCUT2D eigenvalue weighted by Gasteiger charge is -2.32. The zero-order valence-electron chi connectivity index (χ0n) is 9.79. The summed E-state index contributed by atoms with van der Waals surface area (Å²) in [6, 6.07) is 6.90. The van der Waals surface area contributed by atoms with Crippen molar-refractivity contribution < 1.29 is 0 Å². The Morgan fingerprint density at radius 1 is 1.40 bits per heavy atom. The number of benzene rings is 1. The van der Waals surface area contributed by atoms with Crippen LogP contribution in [0.1, 0.15) is 42.4 Å². The Kier molecular flexibility index (Phi) is 3.11. The molecule has 1 aliphatic carbocycles. The minimum atomic E-state index is 0.693. The molecule has 0 aromatic heterocycles. The number of fused-ring (bicyclic) bond motifs is 1. The highest BCUT2D eigenvalue weighted by atomic mass is 14.6. The summed E-state index contributed by atoms with van der Waals surface area (Å²) in [6.07, 6.45) is 3.71. The Balaban J connectivity index is 2.39. The van der Waals surface area contributed by atoms with Gasteiger partial charge in [-0.1, -0.05) is 30.7 Å². The van der Waals surface area contributed by atoms with Crippen molar-refractivity contribution in [2.24, 2.45) is 11.7 Å². The molecule has 2 rings (SSSR count). The summed E-state index contributed by atoms with van der Waals surface area (Å²) in [6.45, 7) is 5.30. The van der Waals surface area contributed by atoms with E-state index < -0.39 is 0 Å². The lowest BCUT2D eigenvalue weighted by molar-refractivity contribution is 0.372. The number of rotatable bonds is 2. The van der Waals surface area contributed by atoms with Gasteiger partial charge in [0.25, 0.3) is 0 Å². The third-order valence-corrected chi connectivity index (χ3v) is 3.80. The Hall–Kier alpha value is -0.820. The highest BCUT2D eigenvalue weighted by Crippen LogP contribution is 2.38. The molecule has 0 heterocycles. The third kappa shape index (κ3) is 1.93. The van der Waals surface area contributed by atoms with Gasteiger partial charge in [-0.15, -0.1) is 0 Å². The van der Waals surface area contributed by atoms with Crippen molar-refractivity contribution in [2.75, 3.05) is 6.54 Å². The predicted octanol–water partition coefficient (Wildman–Crippen LogP) is 3.01. The van der Waals surface area contributed by atoms with Gasteiger partial charge in [0.05, 0.1) is 0 Å². The molecule has 0 fully saturated rings. The van der Waals surface area contributed by atoms with Gasteiger partial charge in [0, 0.05) is 0 Å². The van der Waals surface area contributed by atoms with E-state index in [2.05, 4.69) is 32.0 Å². The maximum Gasteiger partial charge on any atom is -0.00429 e. The summed E-state index contributed by atoms with van der Waals surface area (Å²) >= 11 is 0. The predicted molar refractivity (Wildman–Crippen MR) is 65.1 cm³/mol. The molecular weight excluding hydrogens is 182 g/mol. The topological polar surface area (TPSA) is 26.0 Å². The highest BCUT2D eigenvalue weighted by Gasteiger charge is 2.26. The molecule has 0 saturated carbocycles. The van der Waals surface area contributed by atoms with Crippen LogP contribution in [0.5, 0.6) is 0 Å². The molecule has 82 valence electrons. The second-order valence-corrected chi connectivity index (χ2v) is 4.75. The maximum absolute atomic E-state index is 5.86. The van der Waals surface area contributed by atoms with E-state index in [1.807, 2.05) is 0 Å². The first kappa shape index (κ1) is 10.7. The van der Waals surface area contributed by atoms with Crippen molar-refractivity contribution in [3.8, 4) is 0 Å². The monoisotopic (exact) mass is 203 g/mol. The molecule has 0 bridgehead atoms. The van der Waals surface area contributed by atoms with E-state index in [4.69, 9.17) is 5.73 Å². The normalized spacial score (nSPS) is 25.0. The molecule has 1 aromatic rings.